The van der Waals surface area contributed by atoms with E-state index in [1.165, 1.54) is 173 Å². The number of carbonyl (C=O) groups excluding carboxylic acids is 3. The third kappa shape index (κ3) is 56.3. The standard InChI is InChI=1S/C64H116O6/c1-4-7-10-13-16-19-22-25-28-30-31-32-33-34-37-39-42-45-48-51-54-57-63(66)69-60-61(59-68-62(65)56-53-50-47-44-41-38-35-27-24-21-18-15-12-9-6-3)70-64(67)58-55-52-49-46-43-40-36-29-26-23-20-17-14-11-8-5-2/h9,12,18,21,27,29,35-36,61H,4-8,10-11,13-17,19-20,22-26,28,30-34,37-60H2,1-3H3/b12-9-,21-18-,35-27-,36-29-. The molecule has 408 valence electrons. The first-order valence-corrected chi connectivity index (χ1v) is 30.6. The number of hydrogen-bond acceptors (Lipinski definition) is 6. The number of esters is 3. The summed E-state index contributed by atoms with van der Waals surface area (Å²) in [6, 6.07) is 0. The van der Waals surface area contributed by atoms with E-state index >= 15 is 0 Å². The van der Waals surface area contributed by atoms with Gasteiger partial charge in [0.25, 0.3) is 0 Å². The van der Waals surface area contributed by atoms with Crippen molar-refractivity contribution in [1.82, 2.24) is 0 Å². The van der Waals surface area contributed by atoms with Gasteiger partial charge in [0, 0.05) is 19.3 Å². The normalized spacial score (nSPS) is 12.3. The molecule has 0 saturated carbocycles. The Kier molecular flexibility index (Phi) is 56.7. The molecule has 0 saturated heterocycles. The Labute approximate surface area is 435 Å². The highest BCUT2D eigenvalue weighted by molar-refractivity contribution is 5.71. The largest absolute Gasteiger partial charge is 0.462 e. The average molecular weight is 982 g/mol. The SMILES string of the molecule is CC/C=C\C/C=C\C/C=C\CCCCCCCC(=O)OCC(COC(=O)CCCCCCCCCCCCCCCCCCCCCCC)OC(=O)CCCCCCC/C=C\CCCCCCCCC. The Morgan fingerprint density at radius 3 is 0.886 bits per heavy atom. The van der Waals surface area contributed by atoms with Crippen LogP contribution in [0.3, 0.4) is 0 Å². The third-order valence-electron chi connectivity index (χ3n) is 13.6. The lowest BCUT2D eigenvalue weighted by molar-refractivity contribution is -0.167. The van der Waals surface area contributed by atoms with Gasteiger partial charge in [0.2, 0.25) is 0 Å². The molecular formula is C64H116O6. The maximum Gasteiger partial charge on any atom is 0.306 e. The van der Waals surface area contributed by atoms with E-state index in [0.29, 0.717) is 19.3 Å². The first kappa shape index (κ1) is 67.4. The van der Waals surface area contributed by atoms with Crippen LogP contribution in [0.15, 0.2) is 48.6 Å². The molecule has 0 aromatic heterocycles. The quantitative estimate of drug-likeness (QED) is 0.0261. The van der Waals surface area contributed by atoms with Gasteiger partial charge in [0.1, 0.15) is 13.2 Å². The van der Waals surface area contributed by atoms with Gasteiger partial charge >= 0.3 is 17.9 Å². The van der Waals surface area contributed by atoms with Gasteiger partial charge in [-0.2, -0.15) is 0 Å². The summed E-state index contributed by atoms with van der Waals surface area (Å²) in [5, 5.41) is 0. The van der Waals surface area contributed by atoms with E-state index in [1.807, 2.05) is 0 Å². The molecule has 0 aliphatic carbocycles. The number of ether oxygens (including phenoxy) is 3. The summed E-state index contributed by atoms with van der Waals surface area (Å²) >= 11 is 0. The average Bonchev–Trinajstić information content (AvgIpc) is 3.36. The molecular weight excluding hydrogens is 865 g/mol. The van der Waals surface area contributed by atoms with Gasteiger partial charge in [0.05, 0.1) is 0 Å². The minimum absolute atomic E-state index is 0.0787. The fourth-order valence-corrected chi connectivity index (χ4v) is 8.98. The van der Waals surface area contributed by atoms with Crippen molar-refractivity contribution in [3.8, 4) is 0 Å². The van der Waals surface area contributed by atoms with Gasteiger partial charge in [-0.1, -0.05) is 275 Å². The van der Waals surface area contributed by atoms with Crippen molar-refractivity contribution in [3.63, 3.8) is 0 Å². The zero-order valence-corrected chi connectivity index (χ0v) is 46.8. The molecule has 0 N–H and O–H groups in total. The van der Waals surface area contributed by atoms with Gasteiger partial charge in [-0.15, -0.1) is 0 Å². The second-order valence-electron chi connectivity index (χ2n) is 20.6. The van der Waals surface area contributed by atoms with Crippen LogP contribution in [-0.4, -0.2) is 37.2 Å². The maximum absolute atomic E-state index is 12.9. The summed E-state index contributed by atoms with van der Waals surface area (Å²) in [5.41, 5.74) is 0. The number of carbonyl (C=O) groups is 3. The fraction of sp³-hybridized carbons (Fsp3) is 0.828. The van der Waals surface area contributed by atoms with Crippen LogP contribution in [0.1, 0.15) is 323 Å². The molecule has 0 bridgehead atoms. The summed E-state index contributed by atoms with van der Waals surface area (Å²) in [6.07, 6.45) is 72.5. The maximum atomic E-state index is 12.9. The molecule has 0 amide bonds. The molecule has 6 nitrogen and oxygen atoms in total. The molecule has 0 rings (SSSR count). The van der Waals surface area contributed by atoms with Crippen molar-refractivity contribution < 1.29 is 28.6 Å². The number of unbranched alkanes of at least 4 members (excludes halogenated alkanes) is 37. The summed E-state index contributed by atoms with van der Waals surface area (Å²) in [4.78, 5) is 38.2. The van der Waals surface area contributed by atoms with Gasteiger partial charge in [0.15, 0.2) is 6.10 Å². The summed E-state index contributed by atoms with van der Waals surface area (Å²) < 4.78 is 16.9. The van der Waals surface area contributed by atoms with E-state index in [1.54, 1.807) is 0 Å². The lowest BCUT2D eigenvalue weighted by Crippen LogP contribution is -2.30. The van der Waals surface area contributed by atoms with Crippen LogP contribution in [0, 0.1) is 0 Å². The van der Waals surface area contributed by atoms with E-state index in [2.05, 4.69) is 69.4 Å². The predicted molar refractivity (Wildman–Crippen MR) is 302 cm³/mol. The van der Waals surface area contributed by atoms with Crippen molar-refractivity contribution >= 4 is 17.9 Å². The van der Waals surface area contributed by atoms with Crippen LogP contribution in [0.25, 0.3) is 0 Å². The fourth-order valence-electron chi connectivity index (χ4n) is 8.98. The minimum Gasteiger partial charge on any atom is -0.462 e. The molecule has 6 heteroatoms. The number of hydrogen-bond donors (Lipinski definition) is 0. The molecule has 0 spiro atoms. The number of allylic oxidation sites excluding steroid dienone is 8. The van der Waals surface area contributed by atoms with E-state index < -0.39 is 6.10 Å². The van der Waals surface area contributed by atoms with Crippen LogP contribution in [0.2, 0.25) is 0 Å². The van der Waals surface area contributed by atoms with Crippen molar-refractivity contribution in [1.29, 1.82) is 0 Å². The van der Waals surface area contributed by atoms with Gasteiger partial charge in [-0.25, -0.2) is 0 Å². The van der Waals surface area contributed by atoms with Gasteiger partial charge in [-0.05, 0) is 77.0 Å². The lowest BCUT2D eigenvalue weighted by Gasteiger charge is -2.18. The van der Waals surface area contributed by atoms with Crippen molar-refractivity contribution in [2.24, 2.45) is 0 Å². The van der Waals surface area contributed by atoms with Crippen LogP contribution in [-0.2, 0) is 28.6 Å². The second kappa shape index (κ2) is 58.9. The van der Waals surface area contributed by atoms with Crippen molar-refractivity contribution in [2.75, 3.05) is 13.2 Å². The van der Waals surface area contributed by atoms with E-state index in [0.717, 1.165) is 109 Å². The van der Waals surface area contributed by atoms with Gasteiger partial charge in [-0.3, -0.25) is 14.4 Å². The van der Waals surface area contributed by atoms with Crippen molar-refractivity contribution in [2.45, 2.75) is 329 Å². The molecule has 0 aliphatic rings. The zero-order valence-electron chi connectivity index (χ0n) is 46.8. The van der Waals surface area contributed by atoms with E-state index in [4.69, 9.17) is 14.2 Å². The van der Waals surface area contributed by atoms with E-state index in [9.17, 15) is 14.4 Å². The zero-order chi connectivity index (χ0) is 50.7. The highest BCUT2D eigenvalue weighted by atomic mass is 16.6. The second-order valence-corrected chi connectivity index (χ2v) is 20.6. The van der Waals surface area contributed by atoms with E-state index in [-0.39, 0.29) is 31.1 Å². The first-order chi connectivity index (χ1) is 34.5. The third-order valence-corrected chi connectivity index (χ3v) is 13.6. The molecule has 0 aliphatic heterocycles. The molecule has 0 heterocycles. The molecule has 0 fully saturated rings. The molecule has 1 atom stereocenters. The lowest BCUT2D eigenvalue weighted by atomic mass is 10.0. The smallest absolute Gasteiger partial charge is 0.306 e. The van der Waals surface area contributed by atoms with Crippen LogP contribution in [0.4, 0.5) is 0 Å². The highest BCUT2D eigenvalue weighted by Crippen LogP contribution is 2.17. The Bertz CT molecular complexity index is 1220. The predicted octanol–water partition coefficient (Wildman–Crippen LogP) is 20.6. The van der Waals surface area contributed by atoms with Crippen LogP contribution >= 0.6 is 0 Å². The Balaban J connectivity index is 4.33. The van der Waals surface area contributed by atoms with Crippen LogP contribution < -0.4 is 0 Å². The van der Waals surface area contributed by atoms with Crippen LogP contribution in [0.5, 0.6) is 0 Å². The Morgan fingerprint density at radius 1 is 0.300 bits per heavy atom. The molecule has 0 aromatic rings. The highest BCUT2D eigenvalue weighted by Gasteiger charge is 2.19. The van der Waals surface area contributed by atoms with Gasteiger partial charge < -0.3 is 14.2 Å². The molecule has 0 aromatic carbocycles. The number of rotatable bonds is 56. The minimum atomic E-state index is -0.783. The summed E-state index contributed by atoms with van der Waals surface area (Å²) in [6.45, 7) is 6.55. The topological polar surface area (TPSA) is 78.9 Å². The molecule has 70 heavy (non-hydrogen) atoms. The Morgan fingerprint density at radius 2 is 0.557 bits per heavy atom. The van der Waals surface area contributed by atoms with Crippen molar-refractivity contribution in [3.05, 3.63) is 48.6 Å². The summed E-state index contributed by atoms with van der Waals surface area (Å²) in [7, 11) is 0. The Hall–Kier alpha value is -2.63. The summed E-state index contributed by atoms with van der Waals surface area (Å²) in [5.74, 6) is -0.887. The molecule has 0 radical (unpaired) electrons. The molecule has 1 unspecified atom stereocenters. The monoisotopic (exact) mass is 981 g/mol. The first-order valence-electron chi connectivity index (χ1n) is 30.6.